The van der Waals surface area contributed by atoms with E-state index in [-0.39, 0.29) is 5.82 Å². The molecule has 104 valence electrons. The number of hydrogen-bond acceptors (Lipinski definition) is 1. The predicted octanol–water partition coefficient (Wildman–Crippen LogP) is 5.31. The molecule has 1 heterocycles. The second kappa shape index (κ2) is 4.76. The Labute approximate surface area is 123 Å². The van der Waals surface area contributed by atoms with E-state index in [0.717, 1.165) is 16.7 Å². The number of hydrogen-bond donors (Lipinski definition) is 1. The minimum atomic E-state index is -0.129. The van der Waals surface area contributed by atoms with E-state index in [1.54, 1.807) is 12.1 Å². The highest BCUT2D eigenvalue weighted by molar-refractivity contribution is 9.10. The third-order valence-electron chi connectivity index (χ3n) is 4.94. The molecule has 1 fully saturated rings. The Balaban J connectivity index is 1.83. The van der Waals surface area contributed by atoms with E-state index in [1.165, 1.54) is 31.2 Å². The van der Waals surface area contributed by atoms with Crippen molar-refractivity contribution in [3.05, 3.63) is 28.0 Å². The number of nitrogens with one attached hydrogen (secondary N) is 1. The van der Waals surface area contributed by atoms with E-state index < -0.39 is 0 Å². The van der Waals surface area contributed by atoms with Gasteiger partial charge in [-0.1, -0.05) is 13.8 Å². The normalized spacial score (nSPS) is 26.0. The van der Waals surface area contributed by atoms with Crippen LogP contribution in [0.4, 0.5) is 10.1 Å². The van der Waals surface area contributed by atoms with Crippen molar-refractivity contribution >= 4 is 21.6 Å². The summed E-state index contributed by atoms with van der Waals surface area (Å²) in [5.74, 6) is 1.06. The summed E-state index contributed by atoms with van der Waals surface area (Å²) in [4.78, 5) is 0. The lowest BCUT2D eigenvalue weighted by Gasteiger charge is -2.37. The minimum absolute atomic E-state index is 0.129. The third-order valence-corrected chi connectivity index (χ3v) is 5.56. The highest BCUT2D eigenvalue weighted by Gasteiger charge is 2.35. The van der Waals surface area contributed by atoms with Gasteiger partial charge in [-0.2, -0.15) is 0 Å². The van der Waals surface area contributed by atoms with E-state index in [1.807, 2.05) is 0 Å². The average Bonchev–Trinajstić information content (AvgIpc) is 2.73. The lowest BCUT2D eigenvalue weighted by molar-refractivity contribution is 0.176. The van der Waals surface area contributed by atoms with Gasteiger partial charge in [0.05, 0.1) is 5.69 Å². The zero-order valence-electron chi connectivity index (χ0n) is 11.6. The number of anilines is 1. The molecule has 0 radical (unpaired) electrons. The van der Waals surface area contributed by atoms with E-state index in [4.69, 9.17) is 0 Å². The molecule has 0 amide bonds. The van der Waals surface area contributed by atoms with Crippen LogP contribution in [0.15, 0.2) is 16.6 Å². The van der Waals surface area contributed by atoms with Crippen molar-refractivity contribution in [1.29, 1.82) is 0 Å². The first-order valence-electron chi connectivity index (χ1n) is 7.19. The van der Waals surface area contributed by atoms with Crippen LogP contribution in [0.5, 0.6) is 0 Å². The van der Waals surface area contributed by atoms with Crippen molar-refractivity contribution in [3.63, 3.8) is 0 Å². The Morgan fingerprint density at radius 2 is 1.95 bits per heavy atom. The van der Waals surface area contributed by atoms with Crippen molar-refractivity contribution in [2.24, 2.45) is 11.3 Å². The first kappa shape index (κ1) is 13.4. The Morgan fingerprint density at radius 1 is 1.26 bits per heavy atom. The molecule has 1 nitrogen and oxygen atoms in total. The summed E-state index contributed by atoms with van der Waals surface area (Å²) in [5, 5.41) is 3.45. The lowest BCUT2D eigenvalue weighted by atomic mass is 9.68. The molecule has 1 saturated carbocycles. The van der Waals surface area contributed by atoms with Crippen molar-refractivity contribution in [2.75, 3.05) is 11.9 Å². The number of fused-ring (bicyclic) bond motifs is 1. The first-order chi connectivity index (χ1) is 8.96. The molecule has 0 aromatic heterocycles. The van der Waals surface area contributed by atoms with Gasteiger partial charge in [-0.05, 0) is 70.6 Å². The number of halogens is 2. The molecular weight excluding hydrogens is 305 g/mol. The van der Waals surface area contributed by atoms with Gasteiger partial charge >= 0.3 is 0 Å². The summed E-state index contributed by atoms with van der Waals surface area (Å²) in [6.45, 7) is 5.68. The molecule has 2 aliphatic rings. The highest BCUT2D eigenvalue weighted by Crippen LogP contribution is 2.48. The predicted molar refractivity (Wildman–Crippen MR) is 81.1 cm³/mol. The van der Waals surface area contributed by atoms with E-state index in [2.05, 4.69) is 35.1 Å². The van der Waals surface area contributed by atoms with Crippen molar-refractivity contribution in [3.8, 4) is 0 Å². The lowest BCUT2D eigenvalue weighted by Crippen LogP contribution is -2.26. The summed E-state index contributed by atoms with van der Waals surface area (Å²) in [5.41, 5.74) is 2.78. The van der Waals surface area contributed by atoms with Crippen LogP contribution in [0.25, 0.3) is 0 Å². The zero-order chi connectivity index (χ0) is 13.6. The third kappa shape index (κ3) is 2.54. The quantitative estimate of drug-likeness (QED) is 0.737. The average molecular weight is 326 g/mol. The Hall–Kier alpha value is -0.570. The molecule has 1 N–H and O–H groups in total. The Morgan fingerprint density at radius 3 is 2.63 bits per heavy atom. The van der Waals surface area contributed by atoms with Crippen LogP contribution < -0.4 is 5.32 Å². The fourth-order valence-electron chi connectivity index (χ4n) is 3.64. The molecule has 1 atom stereocenters. The monoisotopic (exact) mass is 325 g/mol. The van der Waals surface area contributed by atoms with Crippen molar-refractivity contribution in [2.45, 2.75) is 45.4 Å². The topological polar surface area (TPSA) is 12.0 Å². The van der Waals surface area contributed by atoms with Crippen LogP contribution in [0.1, 0.15) is 51.0 Å². The van der Waals surface area contributed by atoms with Crippen LogP contribution in [0.3, 0.4) is 0 Å². The fraction of sp³-hybridized carbons (Fsp3) is 0.625. The molecule has 3 heteroatoms. The molecule has 0 spiro atoms. The number of benzene rings is 1. The Kier molecular flexibility index (Phi) is 3.36. The molecular formula is C16H21BrFN. The van der Waals surface area contributed by atoms with Gasteiger partial charge in [-0.3, -0.25) is 0 Å². The van der Waals surface area contributed by atoms with Gasteiger partial charge in [-0.25, -0.2) is 4.39 Å². The molecule has 19 heavy (non-hydrogen) atoms. The molecule has 3 rings (SSSR count). The van der Waals surface area contributed by atoms with E-state index >= 15 is 0 Å². The van der Waals surface area contributed by atoms with Crippen LogP contribution in [0, 0.1) is 17.2 Å². The molecule has 1 aromatic carbocycles. The summed E-state index contributed by atoms with van der Waals surface area (Å²) in [6.07, 6.45) is 5.12. The van der Waals surface area contributed by atoms with Gasteiger partial charge in [0.15, 0.2) is 0 Å². The molecule has 0 bridgehead atoms. The van der Waals surface area contributed by atoms with Gasteiger partial charge in [0.25, 0.3) is 0 Å². The summed E-state index contributed by atoms with van der Waals surface area (Å²) in [6, 6.07) is 3.28. The molecule has 1 unspecified atom stereocenters. The van der Waals surface area contributed by atoms with Gasteiger partial charge in [0.1, 0.15) is 5.82 Å². The summed E-state index contributed by atoms with van der Waals surface area (Å²) < 4.78 is 14.5. The molecule has 1 aliphatic carbocycles. The van der Waals surface area contributed by atoms with E-state index in [0.29, 0.717) is 17.3 Å². The van der Waals surface area contributed by atoms with Gasteiger partial charge in [-0.15, -0.1) is 0 Å². The van der Waals surface area contributed by atoms with Crippen LogP contribution in [-0.4, -0.2) is 6.54 Å². The SMILES string of the molecule is CC1(C)CCC(C2CNc3c(Br)cc(F)cc32)CC1. The maximum Gasteiger partial charge on any atom is 0.124 e. The minimum Gasteiger partial charge on any atom is -0.383 e. The fourth-order valence-corrected chi connectivity index (χ4v) is 4.23. The smallest absolute Gasteiger partial charge is 0.124 e. The molecule has 1 aromatic rings. The van der Waals surface area contributed by atoms with Gasteiger partial charge < -0.3 is 5.32 Å². The first-order valence-corrected chi connectivity index (χ1v) is 7.98. The highest BCUT2D eigenvalue weighted by atomic mass is 79.9. The van der Waals surface area contributed by atoms with Gasteiger partial charge in [0.2, 0.25) is 0 Å². The largest absolute Gasteiger partial charge is 0.383 e. The van der Waals surface area contributed by atoms with E-state index in [9.17, 15) is 4.39 Å². The maximum absolute atomic E-state index is 13.6. The molecule has 0 saturated heterocycles. The van der Waals surface area contributed by atoms with Crippen LogP contribution in [0.2, 0.25) is 0 Å². The number of rotatable bonds is 1. The zero-order valence-corrected chi connectivity index (χ0v) is 13.2. The molecule has 1 aliphatic heterocycles. The standard InChI is InChI=1S/C16H21BrFN/c1-16(2)5-3-10(4-6-16)13-9-19-15-12(13)7-11(18)8-14(15)17/h7-8,10,13,19H,3-6,9H2,1-2H3. The second-order valence-electron chi connectivity index (χ2n) is 6.84. The summed E-state index contributed by atoms with van der Waals surface area (Å²) >= 11 is 3.47. The van der Waals surface area contributed by atoms with Crippen molar-refractivity contribution < 1.29 is 4.39 Å². The second-order valence-corrected chi connectivity index (χ2v) is 7.70. The van der Waals surface area contributed by atoms with Gasteiger partial charge in [0, 0.05) is 16.9 Å². The maximum atomic E-state index is 13.6. The van der Waals surface area contributed by atoms with Crippen molar-refractivity contribution in [1.82, 2.24) is 0 Å². The van der Waals surface area contributed by atoms with Crippen LogP contribution >= 0.6 is 15.9 Å². The Bertz CT molecular complexity index is 488. The summed E-state index contributed by atoms with van der Waals surface area (Å²) in [7, 11) is 0. The van der Waals surface area contributed by atoms with Crippen LogP contribution in [-0.2, 0) is 0 Å².